The molecule has 0 amide bonds. The number of aromatic nitrogens is 3. The highest BCUT2D eigenvalue weighted by Crippen LogP contribution is 2.38. The van der Waals surface area contributed by atoms with Crippen molar-refractivity contribution in [3.05, 3.63) is 53.7 Å². The number of rotatable bonds is 7. The van der Waals surface area contributed by atoms with Crippen LogP contribution in [0, 0.1) is 12.8 Å². The van der Waals surface area contributed by atoms with Crippen LogP contribution in [0.2, 0.25) is 0 Å². The molecule has 10 heteroatoms. The number of aliphatic hydroxyl groups excluding tert-OH is 2. The molecule has 36 heavy (non-hydrogen) atoms. The maximum absolute atomic E-state index is 10.6. The summed E-state index contributed by atoms with van der Waals surface area (Å²) in [6.07, 6.45) is 0.662. The van der Waals surface area contributed by atoms with Crippen molar-refractivity contribution in [3.63, 3.8) is 0 Å². The molecule has 2 aromatic carbocycles. The lowest BCUT2D eigenvalue weighted by Gasteiger charge is -2.20. The summed E-state index contributed by atoms with van der Waals surface area (Å²) >= 11 is 1.59. The van der Waals surface area contributed by atoms with Crippen molar-refractivity contribution in [1.82, 2.24) is 15.0 Å². The highest BCUT2D eigenvalue weighted by molar-refractivity contribution is 7.21. The molecule has 4 N–H and O–H groups in total. The number of nitrogens with zero attached hydrogens (tertiary/aromatic N) is 3. The van der Waals surface area contributed by atoms with Crippen LogP contribution in [0.15, 0.2) is 42.5 Å². The molecule has 0 saturated heterocycles. The highest BCUT2D eigenvalue weighted by Gasteiger charge is 2.34. The van der Waals surface area contributed by atoms with Crippen LogP contribution in [0.5, 0.6) is 11.5 Å². The average Bonchev–Trinajstić information content (AvgIpc) is 3.60. The monoisotopic (exact) mass is 505 g/mol. The second kappa shape index (κ2) is 9.53. The number of aliphatic hydroxyl groups is 2. The van der Waals surface area contributed by atoms with Gasteiger partial charge in [-0.2, -0.15) is 4.98 Å². The molecule has 3 atom stereocenters. The van der Waals surface area contributed by atoms with Gasteiger partial charge in [0.2, 0.25) is 12.7 Å². The Labute approximate surface area is 212 Å². The SMILES string of the molecule is Cc1nc(NCc2ccc3c(c2)OCO3)nc(N[C@@H]2C[C@H](CO)C[C@H]2O)c1-c1nc2ccccc2s1. The zero-order valence-electron chi connectivity index (χ0n) is 19.8. The molecule has 2 aromatic heterocycles. The molecule has 2 aliphatic rings. The maximum Gasteiger partial charge on any atom is 0.231 e. The fourth-order valence-corrected chi connectivity index (χ4v) is 5.89. The van der Waals surface area contributed by atoms with Gasteiger partial charge in [-0.15, -0.1) is 11.3 Å². The van der Waals surface area contributed by atoms with E-state index in [1.165, 1.54) is 0 Å². The third-order valence-corrected chi connectivity index (χ3v) is 7.75. The molecule has 0 unspecified atom stereocenters. The van der Waals surface area contributed by atoms with Crippen LogP contribution < -0.4 is 20.1 Å². The van der Waals surface area contributed by atoms with Crippen LogP contribution in [0.3, 0.4) is 0 Å². The van der Waals surface area contributed by atoms with Crippen LogP contribution in [-0.2, 0) is 6.54 Å². The minimum Gasteiger partial charge on any atom is -0.454 e. The third-order valence-electron chi connectivity index (χ3n) is 6.69. The lowest BCUT2D eigenvalue weighted by atomic mass is 10.1. The standard InChI is InChI=1S/C26H27N5O4S/c1-14-23(25-30-17-4-2-3-5-22(17)36-25)24(29-18-8-16(12-32)9-19(18)33)31-26(28-14)27-11-15-6-7-20-21(10-15)35-13-34-20/h2-7,10,16,18-19,32-33H,8-9,11-13H2,1H3,(H2,27,28,29,31)/t16-,18+,19+/m0/s1. The van der Waals surface area contributed by atoms with Crippen molar-refractivity contribution in [1.29, 1.82) is 0 Å². The van der Waals surface area contributed by atoms with E-state index in [4.69, 9.17) is 24.4 Å². The molecule has 1 saturated carbocycles. The second-order valence-electron chi connectivity index (χ2n) is 9.22. The zero-order valence-corrected chi connectivity index (χ0v) is 20.6. The average molecular weight is 506 g/mol. The Bertz CT molecular complexity index is 1380. The molecule has 0 radical (unpaired) electrons. The van der Waals surface area contributed by atoms with Gasteiger partial charge in [-0.3, -0.25) is 0 Å². The minimum absolute atomic E-state index is 0.0606. The minimum atomic E-state index is -0.564. The summed E-state index contributed by atoms with van der Waals surface area (Å²) < 4.78 is 12.0. The van der Waals surface area contributed by atoms with Gasteiger partial charge in [0, 0.05) is 13.2 Å². The van der Waals surface area contributed by atoms with Crippen molar-refractivity contribution < 1.29 is 19.7 Å². The van der Waals surface area contributed by atoms with E-state index >= 15 is 0 Å². The van der Waals surface area contributed by atoms with E-state index in [1.54, 1.807) is 11.3 Å². The molecular weight excluding hydrogens is 478 g/mol. The number of nitrogens with one attached hydrogen (secondary N) is 2. The van der Waals surface area contributed by atoms with Gasteiger partial charge in [0.25, 0.3) is 0 Å². The Hall–Kier alpha value is -3.47. The molecule has 0 spiro atoms. The van der Waals surface area contributed by atoms with Gasteiger partial charge < -0.3 is 30.3 Å². The number of aryl methyl sites for hydroxylation is 1. The topological polar surface area (TPSA) is 122 Å². The number of thiazole rings is 1. The second-order valence-corrected chi connectivity index (χ2v) is 10.3. The van der Waals surface area contributed by atoms with E-state index in [1.807, 2.05) is 49.4 Å². The summed E-state index contributed by atoms with van der Waals surface area (Å²) in [5.41, 5.74) is 3.55. The number of fused-ring (bicyclic) bond motifs is 2. The van der Waals surface area contributed by atoms with E-state index in [-0.39, 0.29) is 25.4 Å². The van der Waals surface area contributed by atoms with Crippen molar-refractivity contribution in [3.8, 4) is 22.1 Å². The van der Waals surface area contributed by atoms with Gasteiger partial charge in [0.05, 0.1) is 33.6 Å². The van der Waals surface area contributed by atoms with Crippen LogP contribution >= 0.6 is 11.3 Å². The maximum atomic E-state index is 10.6. The van der Waals surface area contributed by atoms with E-state index in [9.17, 15) is 10.2 Å². The quantitative estimate of drug-likeness (QED) is 0.296. The van der Waals surface area contributed by atoms with Gasteiger partial charge in [0.1, 0.15) is 10.8 Å². The lowest BCUT2D eigenvalue weighted by molar-refractivity contribution is 0.157. The number of ether oxygens (including phenoxy) is 2. The summed E-state index contributed by atoms with van der Waals surface area (Å²) in [7, 11) is 0. The van der Waals surface area contributed by atoms with E-state index in [2.05, 4.69) is 10.6 Å². The summed E-state index contributed by atoms with van der Waals surface area (Å²) in [6.45, 7) is 2.75. The molecular formula is C26H27N5O4S. The first-order valence-electron chi connectivity index (χ1n) is 12.0. The number of para-hydroxylation sites is 1. The summed E-state index contributed by atoms with van der Waals surface area (Å²) in [5.74, 6) is 2.64. The molecule has 1 aliphatic heterocycles. The molecule has 9 nitrogen and oxygen atoms in total. The molecule has 3 heterocycles. The molecule has 1 aliphatic carbocycles. The largest absolute Gasteiger partial charge is 0.454 e. The number of hydrogen-bond acceptors (Lipinski definition) is 10. The van der Waals surface area contributed by atoms with Crippen molar-refractivity contribution in [2.45, 2.75) is 38.5 Å². The summed E-state index contributed by atoms with van der Waals surface area (Å²) in [6, 6.07) is 13.6. The Morgan fingerprint density at radius 3 is 2.75 bits per heavy atom. The molecule has 6 rings (SSSR count). The molecule has 1 fully saturated rings. The Balaban J connectivity index is 1.32. The van der Waals surface area contributed by atoms with Crippen molar-refractivity contribution in [2.75, 3.05) is 24.0 Å². The Kier molecular flexibility index (Phi) is 6.08. The smallest absolute Gasteiger partial charge is 0.231 e. The molecule has 0 bridgehead atoms. The number of benzene rings is 2. The van der Waals surface area contributed by atoms with Crippen molar-refractivity contribution in [2.24, 2.45) is 5.92 Å². The van der Waals surface area contributed by atoms with Crippen molar-refractivity contribution >= 4 is 33.3 Å². The first-order valence-corrected chi connectivity index (χ1v) is 12.8. The van der Waals surface area contributed by atoms with Crippen LogP contribution in [0.25, 0.3) is 20.8 Å². The summed E-state index contributed by atoms with van der Waals surface area (Å²) in [5, 5.41) is 27.8. The van der Waals surface area contributed by atoms with Crippen LogP contribution in [0.1, 0.15) is 24.1 Å². The van der Waals surface area contributed by atoms with Gasteiger partial charge >= 0.3 is 0 Å². The normalized spacial score (nSPS) is 20.7. The van der Waals surface area contributed by atoms with Crippen LogP contribution in [0.4, 0.5) is 11.8 Å². The lowest BCUT2D eigenvalue weighted by Crippen LogP contribution is -2.29. The van der Waals surface area contributed by atoms with E-state index in [0.29, 0.717) is 31.2 Å². The van der Waals surface area contributed by atoms with Gasteiger partial charge in [-0.1, -0.05) is 18.2 Å². The van der Waals surface area contributed by atoms with Gasteiger partial charge in [-0.05, 0) is 55.5 Å². The first-order chi connectivity index (χ1) is 17.6. The van der Waals surface area contributed by atoms with E-state index in [0.717, 1.165) is 43.5 Å². The fourth-order valence-electron chi connectivity index (χ4n) is 4.82. The van der Waals surface area contributed by atoms with E-state index < -0.39 is 6.10 Å². The van der Waals surface area contributed by atoms with Gasteiger partial charge in [-0.25, -0.2) is 9.97 Å². The zero-order chi connectivity index (χ0) is 24.6. The highest BCUT2D eigenvalue weighted by atomic mass is 32.1. The predicted octanol–water partition coefficient (Wildman–Crippen LogP) is 3.95. The molecule has 186 valence electrons. The van der Waals surface area contributed by atoms with Gasteiger partial charge in [0.15, 0.2) is 11.5 Å². The summed E-state index contributed by atoms with van der Waals surface area (Å²) in [4.78, 5) is 14.4. The number of hydrogen-bond donors (Lipinski definition) is 4. The third kappa shape index (κ3) is 4.43. The molecule has 4 aromatic rings. The predicted molar refractivity (Wildman–Crippen MR) is 139 cm³/mol. The Morgan fingerprint density at radius 1 is 1.06 bits per heavy atom. The fraction of sp³-hybridized carbons (Fsp3) is 0.346. The first kappa shape index (κ1) is 23.0. The van der Waals surface area contributed by atoms with Crippen LogP contribution in [-0.4, -0.2) is 50.7 Å². The Morgan fingerprint density at radius 2 is 1.92 bits per heavy atom. The number of anilines is 2.